The van der Waals surface area contributed by atoms with E-state index in [1.165, 1.54) is 6.07 Å². The van der Waals surface area contributed by atoms with Gasteiger partial charge in [-0.1, -0.05) is 6.07 Å². The van der Waals surface area contributed by atoms with Crippen molar-refractivity contribution in [1.29, 1.82) is 0 Å². The van der Waals surface area contributed by atoms with Gasteiger partial charge in [-0.05, 0) is 51.2 Å². The molecule has 1 heterocycles. The summed E-state index contributed by atoms with van der Waals surface area (Å²) < 4.78 is 13.7. The molecule has 1 aromatic carbocycles. The monoisotopic (exact) mass is 293 g/mol. The van der Waals surface area contributed by atoms with E-state index < -0.39 is 0 Å². The molecule has 1 atom stereocenters. The normalized spacial score (nSPS) is 18.2. The fourth-order valence-corrected chi connectivity index (χ4v) is 2.63. The van der Waals surface area contributed by atoms with Crippen LogP contribution in [0.1, 0.15) is 30.4 Å². The summed E-state index contributed by atoms with van der Waals surface area (Å²) in [5.41, 5.74) is 1.59. The second-order valence-electron chi connectivity index (χ2n) is 5.94. The summed E-state index contributed by atoms with van der Waals surface area (Å²) in [7, 11) is 3.81. The molecule has 21 heavy (non-hydrogen) atoms. The number of hydrogen-bond donors (Lipinski definition) is 2. The van der Waals surface area contributed by atoms with Gasteiger partial charge in [0.1, 0.15) is 5.82 Å². The Bertz CT molecular complexity index is 484. The molecule has 116 valence electrons. The number of benzene rings is 1. The van der Waals surface area contributed by atoms with E-state index in [0.29, 0.717) is 31.1 Å². The van der Waals surface area contributed by atoms with Crippen molar-refractivity contribution < 1.29 is 9.18 Å². The molecule has 0 aliphatic carbocycles. The van der Waals surface area contributed by atoms with Crippen molar-refractivity contribution in [3.63, 3.8) is 0 Å². The molecule has 1 fully saturated rings. The zero-order valence-corrected chi connectivity index (χ0v) is 12.8. The maximum Gasteiger partial charge on any atom is 0.221 e. The molecule has 5 heteroatoms. The molecule has 1 aliphatic heterocycles. The first-order valence-corrected chi connectivity index (χ1v) is 7.46. The van der Waals surface area contributed by atoms with Crippen molar-refractivity contribution in [3.05, 3.63) is 35.1 Å². The molecule has 0 aromatic heterocycles. The van der Waals surface area contributed by atoms with Crippen LogP contribution in [0.3, 0.4) is 0 Å². The first-order chi connectivity index (χ1) is 10.0. The van der Waals surface area contributed by atoms with E-state index in [0.717, 1.165) is 24.9 Å². The maximum atomic E-state index is 13.7. The van der Waals surface area contributed by atoms with Crippen molar-refractivity contribution in [1.82, 2.24) is 15.5 Å². The van der Waals surface area contributed by atoms with Crippen LogP contribution in [0.15, 0.2) is 18.2 Å². The van der Waals surface area contributed by atoms with Gasteiger partial charge in [-0.15, -0.1) is 0 Å². The number of rotatable bonds is 6. The van der Waals surface area contributed by atoms with Crippen molar-refractivity contribution in [2.75, 3.05) is 20.6 Å². The highest BCUT2D eigenvalue weighted by atomic mass is 19.1. The van der Waals surface area contributed by atoms with Crippen LogP contribution in [0.25, 0.3) is 0 Å². The van der Waals surface area contributed by atoms with E-state index in [2.05, 4.69) is 10.6 Å². The lowest BCUT2D eigenvalue weighted by Gasteiger charge is -2.13. The number of nitrogens with zero attached hydrogens (tertiary/aromatic N) is 1. The first-order valence-electron chi connectivity index (χ1n) is 7.46. The van der Waals surface area contributed by atoms with Gasteiger partial charge in [-0.2, -0.15) is 0 Å². The van der Waals surface area contributed by atoms with Crippen LogP contribution < -0.4 is 10.6 Å². The summed E-state index contributed by atoms with van der Waals surface area (Å²) in [5, 5.41) is 6.22. The molecule has 1 amide bonds. The molecule has 0 saturated carbocycles. The number of halogens is 1. The molecule has 1 unspecified atom stereocenters. The van der Waals surface area contributed by atoms with Crippen LogP contribution >= 0.6 is 0 Å². The molecule has 2 rings (SSSR count). The molecular formula is C16H24FN3O. The Morgan fingerprint density at radius 3 is 2.95 bits per heavy atom. The van der Waals surface area contributed by atoms with Gasteiger partial charge in [0, 0.05) is 31.1 Å². The smallest absolute Gasteiger partial charge is 0.221 e. The van der Waals surface area contributed by atoms with E-state index in [4.69, 9.17) is 0 Å². The highest BCUT2D eigenvalue weighted by Crippen LogP contribution is 2.13. The number of nitrogens with one attached hydrogen (secondary N) is 2. The average molecular weight is 293 g/mol. The second kappa shape index (κ2) is 7.52. The topological polar surface area (TPSA) is 44.4 Å². The molecule has 4 nitrogen and oxygen atoms in total. The van der Waals surface area contributed by atoms with Crippen molar-refractivity contribution in [3.8, 4) is 0 Å². The predicted molar refractivity (Wildman–Crippen MR) is 81.3 cm³/mol. The molecule has 0 bridgehead atoms. The van der Waals surface area contributed by atoms with Crippen molar-refractivity contribution in [2.24, 2.45) is 0 Å². The standard InChI is InChI=1S/C16H24FN3O/c1-20(2)11-13-8-12(5-6-15(13)17)10-19-16(21)9-14-4-3-7-18-14/h5-6,8,14,18H,3-4,7,9-11H2,1-2H3,(H,19,21). The van der Waals surface area contributed by atoms with Crippen molar-refractivity contribution >= 4 is 5.91 Å². The highest BCUT2D eigenvalue weighted by Gasteiger charge is 2.17. The average Bonchev–Trinajstić information content (AvgIpc) is 2.92. The fraction of sp³-hybridized carbons (Fsp3) is 0.562. The van der Waals surface area contributed by atoms with Gasteiger partial charge in [0.05, 0.1) is 0 Å². The lowest BCUT2D eigenvalue weighted by atomic mass is 10.1. The minimum Gasteiger partial charge on any atom is -0.352 e. The molecule has 0 radical (unpaired) electrons. The SMILES string of the molecule is CN(C)Cc1cc(CNC(=O)CC2CCCN2)ccc1F. The van der Waals surface area contributed by atoms with Crippen LogP contribution in [0.2, 0.25) is 0 Å². The van der Waals surface area contributed by atoms with Gasteiger partial charge >= 0.3 is 0 Å². The minimum absolute atomic E-state index is 0.0490. The fourth-order valence-electron chi connectivity index (χ4n) is 2.63. The number of carbonyl (C=O) groups excluding carboxylic acids is 1. The molecular weight excluding hydrogens is 269 g/mol. The van der Waals surface area contributed by atoms with Crippen LogP contribution in [-0.2, 0) is 17.9 Å². The van der Waals surface area contributed by atoms with Gasteiger partial charge in [-0.3, -0.25) is 4.79 Å². The van der Waals surface area contributed by atoms with Crippen LogP contribution in [0, 0.1) is 5.82 Å². The predicted octanol–water partition coefficient (Wildman–Crippen LogP) is 1.65. The van der Waals surface area contributed by atoms with Gasteiger partial charge in [0.15, 0.2) is 0 Å². The van der Waals surface area contributed by atoms with Gasteiger partial charge in [0.2, 0.25) is 5.91 Å². The zero-order chi connectivity index (χ0) is 15.2. The first kappa shape index (κ1) is 15.9. The molecule has 1 aliphatic rings. The lowest BCUT2D eigenvalue weighted by molar-refractivity contribution is -0.121. The van der Waals surface area contributed by atoms with Gasteiger partial charge in [-0.25, -0.2) is 4.39 Å². The van der Waals surface area contributed by atoms with Gasteiger partial charge in [0.25, 0.3) is 0 Å². The molecule has 1 aromatic rings. The molecule has 2 N–H and O–H groups in total. The maximum absolute atomic E-state index is 13.7. The third-order valence-corrected chi connectivity index (χ3v) is 3.68. The molecule has 0 spiro atoms. The Morgan fingerprint density at radius 1 is 1.48 bits per heavy atom. The summed E-state index contributed by atoms with van der Waals surface area (Å²) in [5.74, 6) is -0.151. The Morgan fingerprint density at radius 2 is 2.29 bits per heavy atom. The summed E-state index contributed by atoms with van der Waals surface area (Å²) >= 11 is 0. The van der Waals surface area contributed by atoms with E-state index in [-0.39, 0.29) is 11.7 Å². The molecule has 1 saturated heterocycles. The highest BCUT2D eigenvalue weighted by molar-refractivity contribution is 5.76. The summed E-state index contributed by atoms with van der Waals surface area (Å²) in [4.78, 5) is 13.8. The lowest BCUT2D eigenvalue weighted by Crippen LogP contribution is -2.31. The number of hydrogen-bond acceptors (Lipinski definition) is 3. The Balaban J connectivity index is 1.85. The largest absolute Gasteiger partial charge is 0.352 e. The third kappa shape index (κ3) is 5.10. The van der Waals surface area contributed by atoms with E-state index in [1.54, 1.807) is 6.07 Å². The van der Waals surface area contributed by atoms with Crippen LogP contribution in [0.5, 0.6) is 0 Å². The Hall–Kier alpha value is -1.46. The van der Waals surface area contributed by atoms with Gasteiger partial charge < -0.3 is 15.5 Å². The Kier molecular flexibility index (Phi) is 5.70. The third-order valence-electron chi connectivity index (χ3n) is 3.68. The summed E-state index contributed by atoms with van der Waals surface area (Å²) in [6.45, 7) is 2.01. The summed E-state index contributed by atoms with van der Waals surface area (Å²) in [6.07, 6.45) is 2.73. The summed E-state index contributed by atoms with van der Waals surface area (Å²) in [6, 6.07) is 5.33. The van der Waals surface area contributed by atoms with Crippen molar-refractivity contribution in [2.45, 2.75) is 38.4 Å². The van der Waals surface area contributed by atoms with E-state index in [9.17, 15) is 9.18 Å². The minimum atomic E-state index is -0.200. The number of carbonyl (C=O) groups is 1. The van der Waals surface area contributed by atoms with E-state index in [1.807, 2.05) is 25.1 Å². The number of amides is 1. The quantitative estimate of drug-likeness (QED) is 0.838. The van der Waals surface area contributed by atoms with E-state index >= 15 is 0 Å². The zero-order valence-electron chi connectivity index (χ0n) is 12.8. The van der Waals surface area contributed by atoms with Crippen LogP contribution in [-0.4, -0.2) is 37.5 Å². The van der Waals surface area contributed by atoms with Crippen LogP contribution in [0.4, 0.5) is 4.39 Å². The Labute approximate surface area is 125 Å². The second-order valence-corrected chi connectivity index (χ2v) is 5.94.